The molecular formula is C35H32F2N10O3. The third-order valence-corrected chi connectivity index (χ3v) is 9.05. The molecule has 1 fully saturated rings. The van der Waals surface area contributed by atoms with Gasteiger partial charge in [-0.3, -0.25) is 18.5 Å². The normalized spacial score (nSPS) is 16.4. The molecule has 2 aliphatic rings. The van der Waals surface area contributed by atoms with Crippen LogP contribution in [0.25, 0.3) is 22.9 Å². The highest BCUT2D eigenvalue weighted by molar-refractivity contribution is 5.97. The van der Waals surface area contributed by atoms with Crippen LogP contribution in [0.15, 0.2) is 83.7 Å². The average Bonchev–Trinajstić information content (AvgIpc) is 3.71. The zero-order valence-electron chi connectivity index (χ0n) is 27.2. The number of pyridine rings is 1. The van der Waals surface area contributed by atoms with Gasteiger partial charge < -0.3 is 20.3 Å². The van der Waals surface area contributed by atoms with Crippen molar-refractivity contribution in [3.8, 4) is 23.3 Å². The monoisotopic (exact) mass is 678 g/mol. The number of aromatic nitrogens is 6. The molecule has 2 aromatic carbocycles. The molecule has 2 N–H and O–H groups in total. The molecule has 0 saturated carbocycles. The number of carbonyl (C=O) groups is 1. The lowest BCUT2D eigenvalue weighted by atomic mass is 9.97. The van der Waals surface area contributed by atoms with E-state index in [-0.39, 0.29) is 23.7 Å². The van der Waals surface area contributed by atoms with E-state index in [1.165, 1.54) is 29.0 Å². The van der Waals surface area contributed by atoms with E-state index >= 15 is 0 Å². The molecule has 0 aliphatic carbocycles. The molecule has 0 radical (unpaired) electrons. The maximum atomic E-state index is 14.2. The molecule has 13 nitrogen and oxygen atoms in total. The fraction of sp³-hybridized carbons (Fsp3) is 0.257. The summed E-state index contributed by atoms with van der Waals surface area (Å²) in [6.07, 6.45) is 9.68. The van der Waals surface area contributed by atoms with Crippen molar-refractivity contribution in [2.24, 2.45) is 0 Å². The maximum absolute atomic E-state index is 14.2. The standard InChI is InChI=1S/C35H32F2N10O3/c1-35(2,45-16-15-44-21-41-42-29(44)20-45)17-22(18-38)33(48)43-14-4-5-24(19-43)46-28-12-13-40-32(39)30(28)47(34(46)49)23-8-10-25(11-9-23)50-31-26(36)6-3-7-27(31)37/h3,6-13,15-17,21,24H,4-5,14,19-20H2,1-2H3,(H2,39,40)/t24-/m1/s1. The Bertz CT molecular complexity index is 2260. The van der Waals surface area contributed by atoms with Gasteiger partial charge in [-0.2, -0.15) is 5.26 Å². The van der Waals surface area contributed by atoms with Crippen molar-refractivity contribution in [2.75, 3.05) is 18.8 Å². The van der Waals surface area contributed by atoms with E-state index in [9.17, 15) is 23.6 Å². The van der Waals surface area contributed by atoms with Gasteiger partial charge in [0.25, 0.3) is 5.91 Å². The van der Waals surface area contributed by atoms with E-state index in [1.54, 1.807) is 40.1 Å². The first kappa shape index (κ1) is 32.3. The molecule has 0 spiro atoms. The Morgan fingerprint density at radius 3 is 2.62 bits per heavy atom. The van der Waals surface area contributed by atoms with Gasteiger partial charge in [0, 0.05) is 31.7 Å². The number of hydrogen-bond donors (Lipinski definition) is 1. The molecule has 5 heterocycles. The Labute approximate surface area is 284 Å². The molecule has 254 valence electrons. The van der Waals surface area contributed by atoms with Gasteiger partial charge in [0.05, 0.1) is 29.3 Å². The summed E-state index contributed by atoms with van der Waals surface area (Å²) in [5.74, 6) is -1.64. The fourth-order valence-corrected chi connectivity index (χ4v) is 6.50. The van der Waals surface area contributed by atoms with Gasteiger partial charge in [-0.05, 0) is 75.2 Å². The quantitative estimate of drug-likeness (QED) is 0.190. The molecule has 1 atom stereocenters. The second-order valence-corrected chi connectivity index (χ2v) is 12.6. The van der Waals surface area contributed by atoms with Crippen LogP contribution in [0, 0.1) is 23.0 Å². The summed E-state index contributed by atoms with van der Waals surface area (Å²) in [4.78, 5) is 35.9. The predicted octanol–water partition coefficient (Wildman–Crippen LogP) is 4.77. The fourth-order valence-electron chi connectivity index (χ4n) is 6.50. The Morgan fingerprint density at radius 2 is 1.88 bits per heavy atom. The molecule has 3 aromatic heterocycles. The van der Waals surface area contributed by atoms with Crippen molar-refractivity contribution in [2.45, 2.75) is 44.8 Å². The van der Waals surface area contributed by atoms with Crippen LogP contribution in [0.4, 0.5) is 14.6 Å². The first-order chi connectivity index (χ1) is 24.1. The molecule has 2 aliphatic heterocycles. The van der Waals surface area contributed by atoms with Gasteiger partial charge in [-0.15, -0.1) is 10.2 Å². The molecule has 5 aromatic rings. The van der Waals surface area contributed by atoms with E-state index in [1.807, 2.05) is 35.7 Å². The number of carbonyl (C=O) groups excluding carboxylic acids is 1. The number of nitrogens with two attached hydrogens (primary N) is 1. The number of fused-ring (bicyclic) bond motifs is 2. The second kappa shape index (κ2) is 12.6. The number of nitriles is 1. The summed E-state index contributed by atoms with van der Waals surface area (Å²) in [5, 5.41) is 18.2. The third-order valence-electron chi connectivity index (χ3n) is 9.05. The second-order valence-electron chi connectivity index (χ2n) is 12.6. The highest BCUT2D eigenvalue weighted by Crippen LogP contribution is 2.32. The van der Waals surface area contributed by atoms with E-state index in [0.717, 1.165) is 18.0 Å². The lowest BCUT2D eigenvalue weighted by Crippen LogP contribution is -2.44. The van der Waals surface area contributed by atoms with Gasteiger partial charge in [-0.25, -0.2) is 18.6 Å². The number of nitrogen functional groups attached to an aromatic ring is 1. The average molecular weight is 679 g/mol. The zero-order chi connectivity index (χ0) is 35.2. The molecule has 1 amide bonds. The lowest BCUT2D eigenvalue weighted by molar-refractivity contribution is -0.128. The van der Waals surface area contributed by atoms with E-state index in [0.29, 0.717) is 42.7 Å². The smallest absolute Gasteiger partial charge is 0.334 e. The number of ether oxygens (including phenoxy) is 1. The number of benzene rings is 2. The van der Waals surface area contributed by atoms with Crippen LogP contribution < -0.4 is 16.2 Å². The number of para-hydroxylation sites is 1. The number of nitrogens with zero attached hydrogens (tertiary/aromatic N) is 9. The minimum absolute atomic E-state index is 0.00289. The highest BCUT2D eigenvalue weighted by Gasteiger charge is 2.33. The van der Waals surface area contributed by atoms with Crippen LogP contribution >= 0.6 is 0 Å². The summed E-state index contributed by atoms with van der Waals surface area (Å²) in [6, 6.07) is 12.9. The van der Waals surface area contributed by atoms with Gasteiger partial charge in [0.15, 0.2) is 23.2 Å². The molecule has 0 bridgehead atoms. The molecule has 15 heteroatoms. The Morgan fingerprint density at radius 1 is 1.12 bits per heavy atom. The van der Waals surface area contributed by atoms with E-state index in [2.05, 4.69) is 21.3 Å². The largest absolute Gasteiger partial charge is 0.451 e. The molecule has 7 rings (SSSR count). The third kappa shape index (κ3) is 5.74. The molecule has 0 unspecified atom stereocenters. The number of anilines is 1. The van der Waals surface area contributed by atoms with Crippen LogP contribution in [-0.4, -0.2) is 63.2 Å². The number of halogens is 2. The highest BCUT2D eigenvalue weighted by atomic mass is 19.1. The number of hydrogen-bond acceptors (Lipinski definition) is 9. The van der Waals surface area contributed by atoms with E-state index in [4.69, 9.17) is 10.5 Å². The van der Waals surface area contributed by atoms with Crippen molar-refractivity contribution in [1.29, 1.82) is 5.26 Å². The Kier molecular flexibility index (Phi) is 8.14. The lowest BCUT2D eigenvalue weighted by Gasteiger charge is -2.37. The van der Waals surface area contributed by atoms with Crippen LogP contribution in [0.2, 0.25) is 0 Å². The molecule has 1 saturated heterocycles. The topological polar surface area (TPSA) is 153 Å². The van der Waals surface area contributed by atoms with Crippen molar-refractivity contribution in [1.82, 2.24) is 38.7 Å². The van der Waals surface area contributed by atoms with E-state index < -0.39 is 40.6 Å². The Hall–Kier alpha value is -6.30. The van der Waals surface area contributed by atoms with Crippen LogP contribution in [0.5, 0.6) is 11.5 Å². The van der Waals surface area contributed by atoms with Crippen LogP contribution in [-0.2, 0) is 11.3 Å². The van der Waals surface area contributed by atoms with Crippen LogP contribution in [0.1, 0.15) is 38.6 Å². The predicted molar refractivity (Wildman–Crippen MR) is 180 cm³/mol. The minimum Gasteiger partial charge on any atom is -0.451 e. The van der Waals surface area contributed by atoms with Crippen LogP contribution in [0.3, 0.4) is 0 Å². The number of piperidine rings is 1. The summed E-state index contributed by atoms with van der Waals surface area (Å²) in [5.41, 5.74) is 6.53. The van der Waals surface area contributed by atoms with Crippen molar-refractivity contribution < 1.29 is 18.3 Å². The summed E-state index contributed by atoms with van der Waals surface area (Å²) >= 11 is 0. The van der Waals surface area contributed by atoms with Gasteiger partial charge >= 0.3 is 5.69 Å². The van der Waals surface area contributed by atoms with Gasteiger partial charge in [0.2, 0.25) is 0 Å². The molecular weight excluding hydrogens is 646 g/mol. The van der Waals surface area contributed by atoms with Crippen molar-refractivity contribution in [3.05, 3.63) is 107 Å². The SMILES string of the molecule is CC(C)(C=C(C#N)C(=O)N1CCC[C@@H](n2c(=O)n(-c3ccc(Oc4c(F)cccc4F)cc3)c3c(N)nccc32)C1)N1C=Cn2cnnc2C1. The van der Waals surface area contributed by atoms with Crippen molar-refractivity contribution >= 4 is 29.0 Å². The number of imidazole rings is 1. The Balaban J connectivity index is 1.17. The number of amides is 1. The van der Waals surface area contributed by atoms with Gasteiger partial charge in [0.1, 0.15) is 35.1 Å². The maximum Gasteiger partial charge on any atom is 0.334 e. The van der Waals surface area contributed by atoms with Gasteiger partial charge in [-0.1, -0.05) is 6.07 Å². The first-order valence-corrected chi connectivity index (χ1v) is 15.9. The molecule has 50 heavy (non-hydrogen) atoms. The first-order valence-electron chi connectivity index (χ1n) is 15.9. The summed E-state index contributed by atoms with van der Waals surface area (Å²) in [7, 11) is 0. The summed E-state index contributed by atoms with van der Waals surface area (Å²) in [6.45, 7) is 4.88. The minimum atomic E-state index is -0.848. The van der Waals surface area contributed by atoms with Crippen molar-refractivity contribution in [3.63, 3.8) is 0 Å². The zero-order valence-corrected chi connectivity index (χ0v) is 27.2. The summed E-state index contributed by atoms with van der Waals surface area (Å²) < 4.78 is 38.6. The number of rotatable bonds is 7. The number of likely N-dealkylation sites (tertiary alicyclic amines) is 1.